The first-order chi connectivity index (χ1) is 13.7. The van der Waals surface area contributed by atoms with Crippen molar-refractivity contribution < 1.29 is 19.3 Å². The molecule has 0 bridgehead atoms. The van der Waals surface area contributed by atoms with Crippen LogP contribution in [0.1, 0.15) is 20.3 Å². The predicted molar refractivity (Wildman–Crippen MR) is 115 cm³/mol. The number of phenols is 1. The summed E-state index contributed by atoms with van der Waals surface area (Å²) in [6, 6.07) is 14.0. The van der Waals surface area contributed by atoms with Gasteiger partial charge in [0.2, 0.25) is 0 Å². The van der Waals surface area contributed by atoms with E-state index < -0.39 is 0 Å². The lowest BCUT2D eigenvalue weighted by molar-refractivity contribution is 0.0114. The van der Waals surface area contributed by atoms with Crippen LogP contribution in [-0.4, -0.2) is 42.9 Å². The van der Waals surface area contributed by atoms with E-state index in [1.54, 1.807) is 11.8 Å². The van der Waals surface area contributed by atoms with Crippen LogP contribution in [0.3, 0.4) is 0 Å². The topological polar surface area (TPSA) is 51.2 Å². The minimum Gasteiger partial charge on any atom is -0.507 e. The summed E-state index contributed by atoms with van der Waals surface area (Å²) in [5, 5.41) is 14.4. The van der Waals surface area contributed by atoms with Crippen molar-refractivity contribution in [3.63, 3.8) is 0 Å². The largest absolute Gasteiger partial charge is 0.507 e. The van der Waals surface area contributed by atoms with Crippen molar-refractivity contribution in [3.8, 4) is 11.5 Å². The van der Waals surface area contributed by atoms with Gasteiger partial charge in [-0.3, -0.25) is 0 Å². The highest BCUT2D eigenvalue weighted by Crippen LogP contribution is 2.43. The van der Waals surface area contributed by atoms with E-state index in [0.29, 0.717) is 19.0 Å². The molecule has 1 aliphatic rings. The van der Waals surface area contributed by atoms with Gasteiger partial charge in [0.1, 0.15) is 24.2 Å². The molecule has 0 aromatic heterocycles. The molecule has 28 heavy (non-hydrogen) atoms. The molecule has 0 saturated carbocycles. The van der Waals surface area contributed by atoms with Gasteiger partial charge in [-0.25, -0.2) is 0 Å². The molecule has 1 saturated heterocycles. The van der Waals surface area contributed by atoms with Crippen LogP contribution in [-0.2, 0) is 9.47 Å². The van der Waals surface area contributed by atoms with Crippen molar-refractivity contribution in [2.24, 2.45) is 0 Å². The maximum absolute atomic E-state index is 10.9. The summed E-state index contributed by atoms with van der Waals surface area (Å²) >= 11 is 1.76. The van der Waals surface area contributed by atoms with Crippen LogP contribution >= 0.6 is 11.8 Å². The van der Waals surface area contributed by atoms with Crippen LogP contribution in [0.5, 0.6) is 11.5 Å². The number of ether oxygens (including phenoxy) is 3. The Morgan fingerprint density at radius 1 is 1.11 bits per heavy atom. The fraction of sp³-hybridized carbons (Fsp3) is 0.391. The van der Waals surface area contributed by atoms with E-state index in [1.807, 2.05) is 24.3 Å². The number of aromatic hydroxyl groups is 1. The van der Waals surface area contributed by atoms with Crippen molar-refractivity contribution in [3.05, 3.63) is 42.5 Å². The quantitative estimate of drug-likeness (QED) is 0.298. The molecule has 3 aromatic rings. The van der Waals surface area contributed by atoms with Crippen molar-refractivity contribution in [2.75, 3.05) is 25.6 Å². The Morgan fingerprint density at radius 2 is 1.86 bits per heavy atom. The summed E-state index contributed by atoms with van der Waals surface area (Å²) in [4.78, 5) is 1.14. The molecule has 0 amide bonds. The van der Waals surface area contributed by atoms with E-state index in [-0.39, 0.29) is 12.2 Å². The van der Waals surface area contributed by atoms with Gasteiger partial charge in [0.25, 0.3) is 0 Å². The molecule has 0 aliphatic carbocycles. The molecule has 1 heterocycles. The fourth-order valence-corrected chi connectivity index (χ4v) is 4.07. The molecule has 148 valence electrons. The van der Waals surface area contributed by atoms with E-state index in [9.17, 15) is 5.11 Å². The van der Waals surface area contributed by atoms with Gasteiger partial charge in [0.05, 0.1) is 19.3 Å². The highest BCUT2D eigenvalue weighted by Gasteiger charge is 2.24. The van der Waals surface area contributed by atoms with Crippen LogP contribution in [0.15, 0.2) is 47.4 Å². The number of epoxide rings is 1. The highest BCUT2D eigenvalue weighted by molar-refractivity contribution is 7.99. The average Bonchev–Trinajstić information content (AvgIpc) is 3.55. The molecular weight excluding hydrogens is 372 g/mol. The van der Waals surface area contributed by atoms with E-state index in [1.165, 1.54) is 0 Å². The molecule has 2 atom stereocenters. The van der Waals surface area contributed by atoms with Crippen molar-refractivity contribution in [2.45, 2.75) is 37.4 Å². The van der Waals surface area contributed by atoms with Crippen molar-refractivity contribution in [1.29, 1.82) is 0 Å². The first-order valence-corrected chi connectivity index (χ1v) is 10.9. The maximum atomic E-state index is 10.9. The molecule has 5 heteroatoms. The zero-order valence-corrected chi connectivity index (χ0v) is 17.1. The van der Waals surface area contributed by atoms with Gasteiger partial charge >= 0.3 is 0 Å². The van der Waals surface area contributed by atoms with Gasteiger partial charge in [0, 0.05) is 26.4 Å². The standard InChI is InChI=1S/C23H26O4S/c1-3-15(25-13-16-14-26-16)12-27-23-19-8-6-5-7-18(19)22(24)21-11-17(28-4-2)9-10-20(21)23/h5-11,15-16,24H,3-4,12-14H2,1-2H3. The van der Waals surface area contributed by atoms with Gasteiger partial charge in [-0.05, 0) is 30.4 Å². The lowest BCUT2D eigenvalue weighted by atomic mass is 10.0. The first-order valence-electron chi connectivity index (χ1n) is 9.87. The zero-order valence-electron chi connectivity index (χ0n) is 16.3. The molecule has 3 aromatic carbocycles. The average molecular weight is 399 g/mol. The number of benzene rings is 3. The summed E-state index contributed by atoms with van der Waals surface area (Å²) in [7, 11) is 0. The number of phenolic OH excluding ortho intramolecular Hbond substituents is 1. The zero-order chi connectivity index (χ0) is 19.5. The summed E-state index contributed by atoms with van der Waals surface area (Å²) < 4.78 is 17.5. The lowest BCUT2D eigenvalue weighted by Gasteiger charge is -2.19. The smallest absolute Gasteiger partial charge is 0.135 e. The predicted octanol–water partition coefficient (Wildman–Crippen LogP) is 5.38. The Bertz CT molecular complexity index is 968. The van der Waals surface area contributed by atoms with E-state index in [0.717, 1.165) is 51.0 Å². The normalized spacial score (nSPS) is 17.1. The Hall–Kier alpha value is -1.95. The molecule has 1 fully saturated rings. The number of hydrogen-bond acceptors (Lipinski definition) is 5. The molecular formula is C23H26O4S. The molecule has 1 aliphatic heterocycles. The second-order valence-electron chi connectivity index (χ2n) is 6.99. The molecule has 4 rings (SSSR count). The number of fused-ring (bicyclic) bond motifs is 2. The van der Waals surface area contributed by atoms with Crippen LogP contribution in [0, 0.1) is 0 Å². The monoisotopic (exact) mass is 398 g/mol. The third-order valence-electron chi connectivity index (χ3n) is 5.02. The summed E-state index contributed by atoms with van der Waals surface area (Å²) in [5.74, 6) is 2.11. The first kappa shape index (κ1) is 19.4. The molecule has 0 spiro atoms. The third-order valence-corrected chi connectivity index (χ3v) is 5.89. The van der Waals surface area contributed by atoms with Crippen LogP contribution in [0.4, 0.5) is 0 Å². The summed E-state index contributed by atoms with van der Waals surface area (Å²) in [5.41, 5.74) is 0. The van der Waals surface area contributed by atoms with E-state index in [2.05, 4.69) is 32.0 Å². The van der Waals surface area contributed by atoms with Gasteiger partial charge in [0.15, 0.2) is 0 Å². The minimum absolute atomic E-state index is 0.0155. The van der Waals surface area contributed by atoms with Gasteiger partial charge in [-0.15, -0.1) is 11.8 Å². The number of thioether (sulfide) groups is 1. The minimum atomic E-state index is 0.0155. The van der Waals surface area contributed by atoms with Gasteiger partial charge < -0.3 is 19.3 Å². The van der Waals surface area contributed by atoms with Gasteiger partial charge in [-0.2, -0.15) is 0 Å². The second kappa shape index (κ2) is 8.60. The Balaban J connectivity index is 1.70. The lowest BCUT2D eigenvalue weighted by Crippen LogP contribution is -2.23. The Morgan fingerprint density at radius 3 is 2.57 bits per heavy atom. The van der Waals surface area contributed by atoms with Gasteiger partial charge in [-0.1, -0.05) is 38.1 Å². The van der Waals surface area contributed by atoms with E-state index >= 15 is 0 Å². The Labute approximate surface area is 169 Å². The van der Waals surface area contributed by atoms with Crippen LogP contribution in [0.2, 0.25) is 0 Å². The molecule has 0 radical (unpaired) electrons. The Kier molecular flexibility index (Phi) is 5.95. The highest BCUT2D eigenvalue weighted by atomic mass is 32.2. The van der Waals surface area contributed by atoms with E-state index in [4.69, 9.17) is 14.2 Å². The molecule has 2 unspecified atom stereocenters. The number of rotatable bonds is 9. The van der Waals surface area contributed by atoms with Crippen molar-refractivity contribution in [1.82, 2.24) is 0 Å². The maximum Gasteiger partial charge on any atom is 0.135 e. The summed E-state index contributed by atoms with van der Waals surface area (Å²) in [6.07, 6.45) is 1.14. The second-order valence-corrected chi connectivity index (χ2v) is 8.33. The molecule has 4 nitrogen and oxygen atoms in total. The fourth-order valence-electron chi connectivity index (χ4n) is 3.37. The SMILES string of the molecule is CCSc1ccc2c(OCC(CC)OCC3CO3)c3ccccc3c(O)c2c1. The molecule has 1 N–H and O–H groups in total. The van der Waals surface area contributed by atoms with Crippen LogP contribution in [0.25, 0.3) is 21.5 Å². The van der Waals surface area contributed by atoms with Crippen LogP contribution < -0.4 is 4.74 Å². The third kappa shape index (κ3) is 4.07. The number of hydrogen-bond donors (Lipinski definition) is 1. The van der Waals surface area contributed by atoms with Crippen molar-refractivity contribution >= 4 is 33.3 Å². The summed E-state index contributed by atoms with van der Waals surface area (Å²) in [6.45, 7) is 6.11.